The van der Waals surface area contributed by atoms with Crippen LogP contribution in [0.25, 0.3) is 0 Å². The van der Waals surface area contributed by atoms with E-state index in [0.717, 1.165) is 5.56 Å². The van der Waals surface area contributed by atoms with E-state index in [9.17, 15) is 8.42 Å². The summed E-state index contributed by atoms with van der Waals surface area (Å²) in [4.78, 5) is 0. The Balaban J connectivity index is 2.63. The summed E-state index contributed by atoms with van der Waals surface area (Å²) in [5.41, 5.74) is 0.936. The normalized spacial score (nSPS) is 13.9. The first-order valence-electron chi connectivity index (χ1n) is 7.18. The molecule has 0 aliphatic rings. The van der Waals surface area contributed by atoms with E-state index in [-0.39, 0.29) is 11.8 Å². The minimum Gasteiger partial charge on any atom is -0.314 e. The molecule has 120 valence electrons. The molecule has 21 heavy (non-hydrogen) atoms. The molecule has 1 aromatic rings. The molecule has 6 heteroatoms. The first-order chi connectivity index (χ1) is 9.74. The van der Waals surface area contributed by atoms with Gasteiger partial charge in [-0.15, -0.1) is 0 Å². The molecule has 0 saturated heterocycles. The first kappa shape index (κ1) is 18.4. The highest BCUT2D eigenvalue weighted by molar-refractivity contribution is 7.89. The Hall–Kier alpha value is -0.620. The molecule has 1 atom stereocenters. The average molecular weight is 333 g/mol. The van der Waals surface area contributed by atoms with Crippen LogP contribution in [0.4, 0.5) is 0 Å². The van der Waals surface area contributed by atoms with Gasteiger partial charge in [0, 0.05) is 24.2 Å². The Labute approximate surface area is 133 Å². The molecule has 0 saturated carbocycles. The predicted octanol–water partition coefficient (Wildman–Crippen LogP) is 3.05. The van der Waals surface area contributed by atoms with Crippen LogP contribution in [0.1, 0.15) is 38.8 Å². The zero-order valence-corrected chi connectivity index (χ0v) is 14.7. The molecule has 1 aromatic carbocycles. The molecule has 1 unspecified atom stereocenters. The minimum atomic E-state index is -3.26. The second-order valence-electron chi connectivity index (χ2n) is 5.52. The van der Waals surface area contributed by atoms with E-state index in [2.05, 4.69) is 5.32 Å². The molecule has 0 aliphatic heterocycles. The number of hydrogen-bond donors (Lipinski definition) is 1. The zero-order valence-electron chi connectivity index (χ0n) is 13.1. The summed E-state index contributed by atoms with van der Waals surface area (Å²) in [6.45, 7) is 6.68. The van der Waals surface area contributed by atoms with Crippen LogP contribution in [-0.2, 0) is 10.0 Å². The zero-order chi connectivity index (χ0) is 16.0. The molecule has 0 bridgehead atoms. The van der Waals surface area contributed by atoms with E-state index in [4.69, 9.17) is 11.6 Å². The van der Waals surface area contributed by atoms with Crippen molar-refractivity contribution >= 4 is 21.6 Å². The molecule has 0 heterocycles. The average Bonchev–Trinajstić information content (AvgIpc) is 2.42. The molecule has 1 N–H and O–H groups in total. The van der Waals surface area contributed by atoms with Gasteiger partial charge in [0.05, 0.1) is 5.75 Å². The topological polar surface area (TPSA) is 49.4 Å². The van der Waals surface area contributed by atoms with Crippen LogP contribution in [0.5, 0.6) is 0 Å². The lowest BCUT2D eigenvalue weighted by Crippen LogP contribution is -2.33. The van der Waals surface area contributed by atoms with Crippen LogP contribution in [0.3, 0.4) is 0 Å². The highest BCUT2D eigenvalue weighted by atomic mass is 35.5. The Morgan fingerprint density at radius 2 is 1.76 bits per heavy atom. The molecule has 0 aliphatic carbocycles. The Morgan fingerprint density at radius 3 is 2.29 bits per heavy atom. The molecular formula is C15H25ClN2O2S. The summed E-state index contributed by atoms with van der Waals surface area (Å²) in [6.07, 6.45) is 0.609. The van der Waals surface area contributed by atoms with Crippen molar-refractivity contribution in [2.24, 2.45) is 0 Å². The van der Waals surface area contributed by atoms with Gasteiger partial charge in [0.15, 0.2) is 0 Å². The molecule has 1 rings (SSSR count). The van der Waals surface area contributed by atoms with Crippen molar-refractivity contribution < 1.29 is 8.42 Å². The molecule has 0 amide bonds. The van der Waals surface area contributed by atoms with E-state index in [1.807, 2.05) is 32.9 Å². The van der Waals surface area contributed by atoms with Crippen molar-refractivity contribution in [1.29, 1.82) is 0 Å². The van der Waals surface area contributed by atoms with Crippen LogP contribution in [-0.4, -0.2) is 38.1 Å². The lowest BCUT2D eigenvalue weighted by Gasteiger charge is -2.25. The molecule has 0 fully saturated rings. The number of benzene rings is 1. The highest BCUT2D eigenvalue weighted by Crippen LogP contribution is 2.23. The molecule has 0 aromatic heterocycles. The molecule has 4 nitrogen and oxygen atoms in total. The first-order valence-corrected chi connectivity index (χ1v) is 9.17. The van der Waals surface area contributed by atoms with Gasteiger partial charge in [-0.1, -0.05) is 37.6 Å². The third kappa shape index (κ3) is 5.94. The van der Waals surface area contributed by atoms with E-state index in [0.29, 0.717) is 24.0 Å². The smallest absolute Gasteiger partial charge is 0.214 e. The van der Waals surface area contributed by atoms with E-state index in [1.54, 1.807) is 19.2 Å². The Kier molecular flexibility index (Phi) is 7.13. The molecule has 0 spiro atoms. The largest absolute Gasteiger partial charge is 0.314 e. The monoisotopic (exact) mass is 332 g/mol. The highest BCUT2D eigenvalue weighted by Gasteiger charge is 2.23. The fourth-order valence-corrected chi connectivity index (χ4v) is 3.51. The van der Waals surface area contributed by atoms with Gasteiger partial charge < -0.3 is 5.32 Å². The number of halogens is 1. The number of hydrogen-bond acceptors (Lipinski definition) is 3. The quantitative estimate of drug-likeness (QED) is 0.744. The molecular weight excluding hydrogens is 308 g/mol. The third-order valence-corrected chi connectivity index (χ3v) is 5.72. The fraction of sp³-hybridized carbons (Fsp3) is 0.600. The van der Waals surface area contributed by atoms with E-state index < -0.39 is 10.0 Å². The van der Waals surface area contributed by atoms with Crippen molar-refractivity contribution in [3.05, 3.63) is 34.9 Å². The van der Waals surface area contributed by atoms with Crippen LogP contribution in [0.2, 0.25) is 5.02 Å². The van der Waals surface area contributed by atoms with Crippen molar-refractivity contribution in [2.75, 3.05) is 19.3 Å². The van der Waals surface area contributed by atoms with Gasteiger partial charge in [-0.05, 0) is 37.6 Å². The van der Waals surface area contributed by atoms with E-state index in [1.165, 1.54) is 4.31 Å². The van der Waals surface area contributed by atoms with Gasteiger partial charge in [-0.25, -0.2) is 8.42 Å². The second-order valence-corrected chi connectivity index (χ2v) is 8.11. The third-order valence-electron chi connectivity index (χ3n) is 3.47. The second kappa shape index (κ2) is 8.13. The maximum Gasteiger partial charge on any atom is 0.214 e. The predicted molar refractivity (Wildman–Crippen MR) is 89.2 cm³/mol. The van der Waals surface area contributed by atoms with Crippen molar-refractivity contribution in [1.82, 2.24) is 9.62 Å². The summed E-state index contributed by atoms with van der Waals surface area (Å²) < 4.78 is 26.1. The Bertz CT molecular complexity index is 529. The fourth-order valence-electron chi connectivity index (χ4n) is 1.98. The Morgan fingerprint density at radius 1 is 1.19 bits per heavy atom. The number of nitrogens with zero attached hydrogens (tertiary/aromatic N) is 1. The van der Waals surface area contributed by atoms with Gasteiger partial charge in [0.1, 0.15) is 0 Å². The van der Waals surface area contributed by atoms with Gasteiger partial charge in [-0.3, -0.25) is 0 Å². The van der Waals surface area contributed by atoms with Gasteiger partial charge >= 0.3 is 0 Å². The maximum absolute atomic E-state index is 12.3. The summed E-state index contributed by atoms with van der Waals surface area (Å²) in [5, 5.41) is 3.88. The summed E-state index contributed by atoms with van der Waals surface area (Å²) >= 11 is 5.86. The summed E-state index contributed by atoms with van der Waals surface area (Å²) in [7, 11) is -1.63. The van der Waals surface area contributed by atoms with Crippen molar-refractivity contribution in [2.45, 2.75) is 39.3 Å². The number of sulfonamides is 1. The van der Waals surface area contributed by atoms with E-state index >= 15 is 0 Å². The van der Waals surface area contributed by atoms with Crippen LogP contribution in [0.15, 0.2) is 24.3 Å². The van der Waals surface area contributed by atoms with Gasteiger partial charge in [0.25, 0.3) is 0 Å². The lowest BCUT2D eigenvalue weighted by atomic mass is 10.1. The van der Waals surface area contributed by atoms with Gasteiger partial charge in [-0.2, -0.15) is 4.31 Å². The summed E-state index contributed by atoms with van der Waals surface area (Å²) in [6, 6.07) is 7.45. The van der Waals surface area contributed by atoms with Crippen LogP contribution in [0, 0.1) is 0 Å². The maximum atomic E-state index is 12.3. The SMILES string of the molecule is CC(C)NCCCS(=O)(=O)N(C)C(C)c1ccc(Cl)cc1. The van der Waals surface area contributed by atoms with Gasteiger partial charge in [0.2, 0.25) is 10.0 Å². The number of rotatable bonds is 8. The molecule has 0 radical (unpaired) electrons. The van der Waals surface area contributed by atoms with Crippen molar-refractivity contribution in [3.63, 3.8) is 0 Å². The summed E-state index contributed by atoms with van der Waals surface area (Å²) in [5.74, 6) is 0.154. The van der Waals surface area contributed by atoms with Crippen LogP contribution < -0.4 is 5.32 Å². The number of nitrogens with one attached hydrogen (secondary N) is 1. The standard InChI is InChI=1S/C15H25ClN2O2S/c1-12(2)17-10-5-11-21(19,20)18(4)13(3)14-6-8-15(16)9-7-14/h6-9,12-13,17H,5,10-11H2,1-4H3. The van der Waals surface area contributed by atoms with Crippen molar-refractivity contribution in [3.8, 4) is 0 Å². The lowest BCUT2D eigenvalue weighted by molar-refractivity contribution is 0.397. The minimum absolute atomic E-state index is 0.154. The van der Waals surface area contributed by atoms with Crippen LogP contribution >= 0.6 is 11.6 Å².